The van der Waals surface area contributed by atoms with Crippen molar-refractivity contribution in [3.8, 4) is 17.2 Å². The van der Waals surface area contributed by atoms with Gasteiger partial charge in [-0.2, -0.15) is 5.26 Å². The molecular formula is C26H26F2N2S. The van der Waals surface area contributed by atoms with Gasteiger partial charge in [-0.15, -0.1) is 11.8 Å². The van der Waals surface area contributed by atoms with Crippen LogP contribution in [0.4, 0.5) is 8.78 Å². The van der Waals surface area contributed by atoms with Gasteiger partial charge in [0.1, 0.15) is 6.54 Å². The van der Waals surface area contributed by atoms with Gasteiger partial charge >= 0.3 is 0 Å². The predicted octanol–water partition coefficient (Wildman–Crippen LogP) is 7.02. The highest BCUT2D eigenvalue weighted by molar-refractivity contribution is 7.99. The molecule has 0 bridgehead atoms. The zero-order valence-corrected chi connectivity index (χ0v) is 18.3. The molecule has 2 nitrogen and oxygen atoms in total. The smallest absolute Gasteiger partial charge is 0.248 e. The van der Waals surface area contributed by atoms with Crippen LogP contribution in [0.3, 0.4) is 0 Å². The normalized spacial score (nSPS) is 18.5. The van der Waals surface area contributed by atoms with Gasteiger partial charge in [0.25, 0.3) is 0 Å². The van der Waals surface area contributed by atoms with Crippen molar-refractivity contribution in [1.82, 2.24) is 4.90 Å². The molecule has 0 unspecified atom stereocenters. The van der Waals surface area contributed by atoms with Crippen LogP contribution in [-0.4, -0.2) is 29.7 Å². The Labute approximate surface area is 187 Å². The molecule has 5 heteroatoms. The summed E-state index contributed by atoms with van der Waals surface area (Å²) in [6.45, 7) is 1.20. The second-order valence-electron chi connectivity index (χ2n) is 8.21. The number of benzene rings is 2. The monoisotopic (exact) mass is 436 g/mol. The molecule has 0 N–H and O–H groups in total. The molecule has 4 rings (SSSR count). The Bertz CT molecular complexity index is 995. The maximum atomic E-state index is 13.6. The summed E-state index contributed by atoms with van der Waals surface area (Å²) in [6.07, 6.45) is 7.30. The van der Waals surface area contributed by atoms with E-state index in [0.29, 0.717) is 19.4 Å². The van der Waals surface area contributed by atoms with E-state index in [-0.39, 0.29) is 18.8 Å². The second kappa shape index (κ2) is 9.70. The minimum Gasteiger partial charge on any atom is -0.361 e. The Hall–Kier alpha value is -2.58. The Morgan fingerprint density at radius 2 is 1.81 bits per heavy atom. The van der Waals surface area contributed by atoms with Gasteiger partial charge in [-0.25, -0.2) is 8.78 Å². The first kappa shape index (κ1) is 21.6. The highest BCUT2D eigenvalue weighted by Gasteiger charge is 2.35. The first-order valence-corrected chi connectivity index (χ1v) is 11.7. The van der Waals surface area contributed by atoms with Crippen LogP contribution < -0.4 is 0 Å². The number of thioether (sulfide) groups is 1. The zero-order chi connectivity index (χ0) is 21.7. The number of nitrogens with zero attached hydrogens (tertiary/aromatic N) is 2. The summed E-state index contributed by atoms with van der Waals surface area (Å²) in [5, 5.41) is 8.77. The lowest BCUT2D eigenvalue weighted by Crippen LogP contribution is -2.23. The maximum absolute atomic E-state index is 13.6. The van der Waals surface area contributed by atoms with Gasteiger partial charge in [0.15, 0.2) is 0 Å². The summed E-state index contributed by atoms with van der Waals surface area (Å²) in [5.41, 5.74) is 4.76. The summed E-state index contributed by atoms with van der Waals surface area (Å²) < 4.78 is 27.2. The molecular weight excluding hydrogens is 410 g/mol. The topological polar surface area (TPSA) is 27.0 Å². The van der Waals surface area contributed by atoms with Crippen molar-refractivity contribution >= 4 is 11.8 Å². The fraction of sp³-hybridized carbons (Fsp3) is 0.346. The molecule has 1 aliphatic carbocycles. The molecule has 1 saturated carbocycles. The molecule has 31 heavy (non-hydrogen) atoms. The summed E-state index contributed by atoms with van der Waals surface area (Å²) in [7, 11) is 0. The van der Waals surface area contributed by atoms with Crippen LogP contribution >= 0.6 is 11.8 Å². The van der Waals surface area contributed by atoms with Crippen molar-refractivity contribution in [3.63, 3.8) is 0 Å². The number of halogens is 2. The van der Waals surface area contributed by atoms with Crippen LogP contribution in [0.15, 0.2) is 77.4 Å². The quantitative estimate of drug-likeness (QED) is 0.360. The van der Waals surface area contributed by atoms with Gasteiger partial charge in [-0.1, -0.05) is 42.5 Å². The van der Waals surface area contributed by atoms with E-state index in [0.717, 1.165) is 23.4 Å². The Balaban J connectivity index is 1.40. The third kappa shape index (κ3) is 5.57. The van der Waals surface area contributed by atoms with Crippen molar-refractivity contribution < 1.29 is 8.78 Å². The van der Waals surface area contributed by atoms with Crippen molar-refractivity contribution in [2.24, 2.45) is 0 Å². The van der Waals surface area contributed by atoms with E-state index < -0.39 is 5.92 Å². The number of allylic oxidation sites excluding steroid dienone is 1. The molecule has 0 atom stereocenters. The van der Waals surface area contributed by atoms with Crippen LogP contribution in [0.5, 0.6) is 0 Å². The van der Waals surface area contributed by atoms with Crippen LogP contribution in [0, 0.1) is 11.3 Å². The molecule has 1 aliphatic heterocycles. The van der Waals surface area contributed by atoms with Crippen molar-refractivity contribution in [3.05, 3.63) is 78.0 Å². The van der Waals surface area contributed by atoms with Gasteiger partial charge in [0.2, 0.25) is 5.92 Å². The highest BCUT2D eigenvalue weighted by Crippen LogP contribution is 2.43. The fourth-order valence-electron chi connectivity index (χ4n) is 4.24. The minimum absolute atomic E-state index is 0.0137. The van der Waals surface area contributed by atoms with Crippen LogP contribution in [-0.2, 0) is 0 Å². The largest absolute Gasteiger partial charge is 0.361 e. The second-order valence-corrected chi connectivity index (χ2v) is 9.26. The average Bonchev–Trinajstić information content (AvgIpc) is 2.79. The van der Waals surface area contributed by atoms with Crippen LogP contribution in [0.1, 0.15) is 37.2 Å². The number of hydrogen-bond donors (Lipinski definition) is 0. The standard InChI is InChI=1S/C26H26F2N2S/c27-26(28)13-9-22(10-14-26)25-4-2-1-3-24(25)21-5-7-23(8-6-21)31-19-20-11-16-30(17-12-20)18-15-29/h1-8,11-12,16,22H,9-10,13-14,17-19H2. The van der Waals surface area contributed by atoms with Crippen LogP contribution in [0.2, 0.25) is 0 Å². The van der Waals surface area contributed by atoms with Crippen molar-refractivity contribution in [2.75, 3.05) is 18.8 Å². The Kier molecular flexibility index (Phi) is 6.77. The molecule has 2 aliphatic rings. The molecule has 2 aromatic rings. The third-order valence-electron chi connectivity index (χ3n) is 6.05. The van der Waals surface area contributed by atoms with Crippen molar-refractivity contribution in [1.29, 1.82) is 5.26 Å². The first-order chi connectivity index (χ1) is 15.0. The van der Waals surface area contributed by atoms with Crippen LogP contribution in [0.25, 0.3) is 11.1 Å². The summed E-state index contributed by atoms with van der Waals surface area (Å²) in [4.78, 5) is 3.18. The van der Waals surface area contributed by atoms with Gasteiger partial charge < -0.3 is 4.90 Å². The lowest BCUT2D eigenvalue weighted by Gasteiger charge is -2.29. The molecule has 0 aromatic heterocycles. The number of hydrogen-bond acceptors (Lipinski definition) is 3. The summed E-state index contributed by atoms with van der Waals surface area (Å²) >= 11 is 1.79. The molecule has 0 saturated heterocycles. The fourth-order valence-corrected chi connectivity index (χ4v) is 5.12. The molecule has 1 fully saturated rings. The van der Waals surface area contributed by atoms with E-state index in [1.54, 1.807) is 11.8 Å². The van der Waals surface area contributed by atoms with E-state index in [9.17, 15) is 8.78 Å². The van der Waals surface area contributed by atoms with E-state index in [4.69, 9.17) is 5.26 Å². The van der Waals surface area contributed by atoms with E-state index >= 15 is 0 Å². The van der Waals surface area contributed by atoms with Gasteiger partial charge in [0.05, 0.1) is 6.07 Å². The molecule has 2 aromatic carbocycles. The Morgan fingerprint density at radius 3 is 2.48 bits per heavy atom. The van der Waals surface area contributed by atoms with Gasteiger partial charge in [-0.05, 0) is 59.2 Å². The van der Waals surface area contributed by atoms with E-state index in [1.807, 2.05) is 23.2 Å². The first-order valence-electron chi connectivity index (χ1n) is 10.7. The number of rotatable bonds is 6. The zero-order valence-electron chi connectivity index (χ0n) is 17.4. The molecule has 0 spiro atoms. The minimum atomic E-state index is -2.50. The molecule has 0 radical (unpaired) electrons. The number of nitriles is 1. The molecule has 160 valence electrons. The lowest BCUT2D eigenvalue weighted by molar-refractivity contribution is -0.0381. The van der Waals surface area contributed by atoms with E-state index in [1.165, 1.54) is 16.0 Å². The average molecular weight is 437 g/mol. The Morgan fingerprint density at radius 1 is 1.06 bits per heavy atom. The SMILES string of the molecule is N#CCN1C=CC(CSc2ccc(-c3ccccc3C3CCC(F)(F)CC3)cc2)=CC1. The van der Waals surface area contributed by atoms with Crippen molar-refractivity contribution in [2.45, 2.75) is 42.4 Å². The third-order valence-corrected chi connectivity index (χ3v) is 7.13. The number of alkyl halides is 2. The van der Waals surface area contributed by atoms with Gasteiger partial charge in [0, 0.05) is 36.2 Å². The lowest BCUT2D eigenvalue weighted by atomic mass is 9.79. The van der Waals surface area contributed by atoms with E-state index in [2.05, 4.69) is 54.6 Å². The maximum Gasteiger partial charge on any atom is 0.248 e. The summed E-state index contributed by atoms with van der Waals surface area (Å²) in [5.74, 6) is -1.40. The van der Waals surface area contributed by atoms with Gasteiger partial charge in [-0.3, -0.25) is 0 Å². The highest BCUT2D eigenvalue weighted by atomic mass is 32.2. The predicted molar refractivity (Wildman–Crippen MR) is 123 cm³/mol. The molecule has 1 heterocycles. The summed E-state index contributed by atoms with van der Waals surface area (Å²) in [6, 6.07) is 19.0. The molecule has 0 amide bonds.